The topological polar surface area (TPSA) is 92.4 Å². The molecule has 0 fully saturated rings. The summed E-state index contributed by atoms with van der Waals surface area (Å²) in [5.74, 6) is -1.07. The predicted molar refractivity (Wildman–Crippen MR) is 84.2 cm³/mol. The van der Waals surface area contributed by atoms with Gasteiger partial charge in [0.15, 0.2) is 5.82 Å². The van der Waals surface area contributed by atoms with Crippen LogP contribution in [0, 0.1) is 5.82 Å². The van der Waals surface area contributed by atoms with E-state index in [9.17, 15) is 12.8 Å². The monoisotopic (exact) mass is 402 g/mol. The van der Waals surface area contributed by atoms with Gasteiger partial charge in [-0.05, 0) is 41.8 Å². The van der Waals surface area contributed by atoms with Gasteiger partial charge in [-0.15, -0.1) is 0 Å². The van der Waals surface area contributed by atoms with Crippen LogP contribution in [0.15, 0.2) is 15.4 Å². The summed E-state index contributed by atoms with van der Waals surface area (Å²) in [5, 5.41) is 9.02. The summed E-state index contributed by atoms with van der Waals surface area (Å²) < 4.78 is 41.3. The number of aliphatic hydroxyl groups is 1. The van der Waals surface area contributed by atoms with Gasteiger partial charge in [0.1, 0.15) is 4.90 Å². The number of anilines is 1. The number of aliphatic hydroxyl groups excluding tert-OH is 1. The Balaban J connectivity index is 3.33. The van der Waals surface area contributed by atoms with Crippen LogP contribution in [0.4, 0.5) is 10.1 Å². The molecule has 1 aromatic carbocycles. The minimum absolute atomic E-state index is 0.00497. The highest BCUT2D eigenvalue weighted by molar-refractivity contribution is 9.10. The van der Waals surface area contributed by atoms with Gasteiger partial charge in [0, 0.05) is 12.1 Å². The highest BCUT2D eigenvalue weighted by Gasteiger charge is 2.31. The fraction of sp³-hybridized carbons (Fsp3) is 0.500. The number of halogens is 3. The Hall–Kier alpha value is -0.410. The molecule has 0 spiro atoms. The average Bonchev–Trinajstić information content (AvgIpc) is 2.40. The second kappa shape index (κ2) is 6.78. The van der Waals surface area contributed by atoms with Crippen LogP contribution in [0.2, 0.25) is 5.02 Å². The maximum atomic E-state index is 14.1. The van der Waals surface area contributed by atoms with Crippen LogP contribution in [-0.2, 0) is 10.0 Å². The lowest BCUT2D eigenvalue weighted by molar-refractivity contribution is 0.233. The largest absolute Gasteiger partial charge is 0.396 e. The molecule has 1 unspecified atom stereocenters. The van der Waals surface area contributed by atoms with Crippen molar-refractivity contribution >= 4 is 43.2 Å². The third-order valence-electron chi connectivity index (χ3n) is 3.27. The molecule has 1 rings (SSSR count). The quantitative estimate of drug-likeness (QED) is 0.503. The van der Waals surface area contributed by atoms with Crippen LogP contribution in [0.1, 0.15) is 26.7 Å². The van der Waals surface area contributed by atoms with E-state index in [4.69, 9.17) is 22.4 Å². The summed E-state index contributed by atoms with van der Waals surface area (Å²) >= 11 is 8.82. The second-order valence-corrected chi connectivity index (χ2v) is 7.74. The molecule has 120 valence electrons. The van der Waals surface area contributed by atoms with E-state index in [-0.39, 0.29) is 28.2 Å². The van der Waals surface area contributed by atoms with E-state index < -0.39 is 26.3 Å². The zero-order valence-corrected chi connectivity index (χ0v) is 14.7. The number of nitrogen functional groups attached to an aromatic ring is 1. The van der Waals surface area contributed by atoms with Crippen molar-refractivity contribution in [2.24, 2.45) is 0 Å². The smallest absolute Gasteiger partial charge is 0.244 e. The molecule has 1 aromatic rings. The van der Waals surface area contributed by atoms with Crippen LogP contribution < -0.4 is 10.5 Å². The molecular formula is C12H17BrClFN2O3S. The van der Waals surface area contributed by atoms with Crippen LogP contribution in [0.25, 0.3) is 0 Å². The Morgan fingerprint density at radius 1 is 1.57 bits per heavy atom. The van der Waals surface area contributed by atoms with Gasteiger partial charge in [0.2, 0.25) is 10.0 Å². The molecule has 1 atom stereocenters. The normalized spacial score (nSPS) is 15.0. The molecule has 0 saturated heterocycles. The van der Waals surface area contributed by atoms with Gasteiger partial charge in [-0.2, -0.15) is 0 Å². The number of hydrogen-bond donors (Lipinski definition) is 3. The Morgan fingerprint density at radius 3 is 2.62 bits per heavy atom. The van der Waals surface area contributed by atoms with Crippen molar-refractivity contribution in [3.63, 3.8) is 0 Å². The van der Waals surface area contributed by atoms with Gasteiger partial charge >= 0.3 is 0 Å². The second-order valence-electron chi connectivity index (χ2n) is 4.89. The molecule has 0 aromatic heterocycles. The molecule has 9 heteroatoms. The number of benzene rings is 1. The van der Waals surface area contributed by atoms with E-state index in [1.165, 1.54) is 0 Å². The maximum absolute atomic E-state index is 14.1. The lowest BCUT2D eigenvalue weighted by Crippen LogP contribution is -2.46. The highest BCUT2D eigenvalue weighted by atomic mass is 79.9. The van der Waals surface area contributed by atoms with Gasteiger partial charge < -0.3 is 10.8 Å². The van der Waals surface area contributed by atoms with Gasteiger partial charge in [-0.1, -0.05) is 18.5 Å². The first-order valence-electron chi connectivity index (χ1n) is 6.15. The lowest BCUT2D eigenvalue weighted by Gasteiger charge is -2.28. The summed E-state index contributed by atoms with van der Waals surface area (Å²) in [6, 6.07) is 0.995. The standard InChI is InChI=1S/C12H17BrClFN2O3S/c1-3-12(2,4-5-18)17-21(19,20)8-6-7(14)9(13)11(16)10(8)15/h6,17-18H,3-5,16H2,1-2H3. The summed E-state index contributed by atoms with van der Waals surface area (Å²) in [7, 11) is -4.17. The molecule has 5 nitrogen and oxygen atoms in total. The average molecular weight is 404 g/mol. The van der Waals surface area contributed by atoms with E-state index in [2.05, 4.69) is 20.7 Å². The van der Waals surface area contributed by atoms with E-state index >= 15 is 0 Å². The molecule has 0 saturated carbocycles. The third kappa shape index (κ3) is 4.07. The minimum atomic E-state index is -4.17. The number of hydrogen-bond acceptors (Lipinski definition) is 4. The molecule has 21 heavy (non-hydrogen) atoms. The molecule has 0 bridgehead atoms. The minimum Gasteiger partial charge on any atom is -0.396 e. The predicted octanol–water partition coefficient (Wildman–Crippen LogP) is 2.65. The Labute approximate surface area is 136 Å². The Kier molecular flexibility index (Phi) is 6.02. The summed E-state index contributed by atoms with van der Waals surface area (Å²) in [5.41, 5.74) is 4.23. The summed E-state index contributed by atoms with van der Waals surface area (Å²) in [6.45, 7) is 3.19. The molecule has 0 amide bonds. The van der Waals surface area contributed by atoms with Crippen LogP contribution in [-0.4, -0.2) is 25.7 Å². The Bertz CT molecular complexity index is 642. The van der Waals surface area contributed by atoms with E-state index in [1.807, 2.05) is 0 Å². The van der Waals surface area contributed by atoms with Gasteiger partial charge in [0.25, 0.3) is 0 Å². The van der Waals surface area contributed by atoms with Crippen molar-refractivity contribution in [1.82, 2.24) is 4.72 Å². The maximum Gasteiger partial charge on any atom is 0.244 e. The van der Waals surface area contributed by atoms with Crippen molar-refractivity contribution in [2.75, 3.05) is 12.3 Å². The van der Waals surface area contributed by atoms with Crippen molar-refractivity contribution in [3.8, 4) is 0 Å². The number of nitrogens with one attached hydrogen (secondary N) is 1. The Morgan fingerprint density at radius 2 is 2.14 bits per heavy atom. The molecule has 0 aliphatic carbocycles. The van der Waals surface area contributed by atoms with E-state index in [0.717, 1.165) is 6.07 Å². The number of nitrogens with two attached hydrogens (primary N) is 1. The number of sulfonamides is 1. The fourth-order valence-electron chi connectivity index (χ4n) is 1.72. The van der Waals surface area contributed by atoms with Crippen LogP contribution in [0.3, 0.4) is 0 Å². The van der Waals surface area contributed by atoms with Gasteiger partial charge in [0.05, 0.1) is 15.2 Å². The number of rotatable bonds is 6. The van der Waals surface area contributed by atoms with Gasteiger partial charge in [-0.25, -0.2) is 17.5 Å². The molecule has 0 heterocycles. The first-order valence-corrected chi connectivity index (χ1v) is 8.81. The van der Waals surface area contributed by atoms with Crippen molar-refractivity contribution in [1.29, 1.82) is 0 Å². The first-order chi connectivity index (χ1) is 9.58. The highest BCUT2D eigenvalue weighted by Crippen LogP contribution is 2.35. The van der Waals surface area contributed by atoms with Crippen molar-refractivity contribution < 1.29 is 17.9 Å². The summed E-state index contributed by atoms with van der Waals surface area (Å²) in [4.78, 5) is -0.620. The first kappa shape index (κ1) is 18.6. The molecule has 4 N–H and O–H groups in total. The van der Waals surface area contributed by atoms with E-state index in [0.29, 0.717) is 6.42 Å². The molecular weight excluding hydrogens is 387 g/mol. The third-order valence-corrected chi connectivity index (χ3v) is 6.29. The lowest BCUT2D eigenvalue weighted by atomic mass is 9.97. The van der Waals surface area contributed by atoms with Gasteiger partial charge in [-0.3, -0.25) is 0 Å². The molecule has 0 radical (unpaired) electrons. The fourth-order valence-corrected chi connectivity index (χ4v) is 3.91. The molecule has 0 aliphatic rings. The summed E-state index contributed by atoms with van der Waals surface area (Å²) in [6.07, 6.45) is 0.623. The zero-order chi connectivity index (χ0) is 16.4. The molecule has 0 aliphatic heterocycles. The van der Waals surface area contributed by atoms with Crippen molar-refractivity contribution in [3.05, 3.63) is 21.4 Å². The SMILES string of the molecule is CCC(C)(CCO)NS(=O)(=O)c1cc(Cl)c(Br)c(N)c1F. The van der Waals surface area contributed by atoms with E-state index in [1.54, 1.807) is 13.8 Å². The van der Waals surface area contributed by atoms with Crippen LogP contribution in [0.5, 0.6) is 0 Å². The van der Waals surface area contributed by atoms with Crippen molar-refractivity contribution in [2.45, 2.75) is 37.1 Å². The van der Waals surface area contributed by atoms with Crippen LogP contribution >= 0.6 is 27.5 Å². The zero-order valence-electron chi connectivity index (χ0n) is 11.6.